The van der Waals surface area contributed by atoms with Crippen LogP contribution >= 0.6 is 0 Å². The number of carbonyl (C=O) groups excluding carboxylic acids is 2. The average molecular weight is 365 g/mol. The van der Waals surface area contributed by atoms with Gasteiger partial charge in [-0.25, -0.2) is 0 Å². The number of anilines is 2. The van der Waals surface area contributed by atoms with Crippen molar-refractivity contribution >= 4 is 23.2 Å². The summed E-state index contributed by atoms with van der Waals surface area (Å²) < 4.78 is 0. The molecule has 2 aromatic carbocycles. The van der Waals surface area contributed by atoms with E-state index in [1.165, 1.54) is 5.56 Å². The van der Waals surface area contributed by atoms with Gasteiger partial charge >= 0.3 is 0 Å². The Balaban J connectivity index is 1.60. The Hall–Kier alpha value is -2.82. The number of likely N-dealkylation sites (tertiary alicyclic amines) is 1. The molecule has 3 rings (SSSR count). The smallest absolute Gasteiger partial charge is 0.253 e. The van der Waals surface area contributed by atoms with Crippen molar-refractivity contribution in [3.05, 3.63) is 59.7 Å². The van der Waals surface area contributed by atoms with Gasteiger partial charge in [0.1, 0.15) is 0 Å². The van der Waals surface area contributed by atoms with E-state index < -0.39 is 0 Å². The average Bonchev–Trinajstić information content (AvgIpc) is 3.21. The molecular weight excluding hydrogens is 338 g/mol. The lowest BCUT2D eigenvalue weighted by Crippen LogP contribution is -2.27. The molecule has 0 spiro atoms. The number of nitrogens with one attached hydrogen (secondary N) is 2. The number of rotatable bonds is 6. The lowest BCUT2D eigenvalue weighted by molar-refractivity contribution is -0.114. The van der Waals surface area contributed by atoms with E-state index in [-0.39, 0.29) is 18.4 Å². The van der Waals surface area contributed by atoms with E-state index in [9.17, 15) is 9.59 Å². The lowest BCUT2D eigenvalue weighted by Gasteiger charge is -2.16. The molecule has 5 heteroatoms. The summed E-state index contributed by atoms with van der Waals surface area (Å²) in [6.45, 7) is 6.06. The molecule has 0 unspecified atom stereocenters. The number of para-hydroxylation sites is 1. The first-order valence-electron chi connectivity index (χ1n) is 9.56. The van der Waals surface area contributed by atoms with Crippen molar-refractivity contribution in [1.29, 1.82) is 0 Å². The van der Waals surface area contributed by atoms with Crippen molar-refractivity contribution in [2.75, 3.05) is 30.3 Å². The SMILES string of the molecule is CC(C)c1ccccc1NCC(=O)Nc1cccc(C(=O)N2CCCC2)c1. The Labute approximate surface area is 160 Å². The van der Waals surface area contributed by atoms with Gasteiger partial charge in [-0.15, -0.1) is 0 Å². The predicted molar refractivity (Wildman–Crippen MR) is 109 cm³/mol. The van der Waals surface area contributed by atoms with Gasteiger partial charge in [-0.05, 0) is 48.6 Å². The Kier molecular flexibility index (Phi) is 6.12. The zero-order valence-electron chi connectivity index (χ0n) is 16.0. The normalized spacial score (nSPS) is 13.7. The van der Waals surface area contributed by atoms with Crippen LogP contribution in [-0.4, -0.2) is 36.3 Å². The van der Waals surface area contributed by atoms with E-state index >= 15 is 0 Å². The van der Waals surface area contributed by atoms with Crippen molar-refractivity contribution in [2.24, 2.45) is 0 Å². The molecule has 0 radical (unpaired) electrons. The molecule has 1 saturated heterocycles. The molecule has 142 valence electrons. The second kappa shape index (κ2) is 8.71. The van der Waals surface area contributed by atoms with Gasteiger partial charge in [0, 0.05) is 30.0 Å². The highest BCUT2D eigenvalue weighted by Crippen LogP contribution is 2.23. The Morgan fingerprint density at radius 1 is 1.04 bits per heavy atom. The van der Waals surface area contributed by atoms with Crippen LogP contribution in [0, 0.1) is 0 Å². The number of carbonyl (C=O) groups is 2. The minimum Gasteiger partial charge on any atom is -0.376 e. The molecule has 2 N–H and O–H groups in total. The van der Waals surface area contributed by atoms with Gasteiger partial charge in [-0.3, -0.25) is 9.59 Å². The van der Waals surface area contributed by atoms with Crippen LogP contribution in [0.15, 0.2) is 48.5 Å². The Bertz CT molecular complexity index is 811. The van der Waals surface area contributed by atoms with Crippen LogP contribution in [0.5, 0.6) is 0 Å². The molecule has 1 aliphatic heterocycles. The molecular formula is C22H27N3O2. The number of amides is 2. The van der Waals surface area contributed by atoms with E-state index in [2.05, 4.69) is 30.5 Å². The number of benzene rings is 2. The third-order valence-electron chi connectivity index (χ3n) is 4.81. The van der Waals surface area contributed by atoms with E-state index in [4.69, 9.17) is 0 Å². The fourth-order valence-electron chi connectivity index (χ4n) is 3.37. The number of hydrogen-bond donors (Lipinski definition) is 2. The first-order valence-corrected chi connectivity index (χ1v) is 9.56. The van der Waals surface area contributed by atoms with E-state index in [1.54, 1.807) is 24.3 Å². The van der Waals surface area contributed by atoms with E-state index in [0.29, 0.717) is 17.2 Å². The molecule has 5 nitrogen and oxygen atoms in total. The molecule has 27 heavy (non-hydrogen) atoms. The quantitative estimate of drug-likeness (QED) is 0.810. The molecule has 2 amide bonds. The van der Waals surface area contributed by atoms with Crippen LogP contribution in [0.25, 0.3) is 0 Å². The lowest BCUT2D eigenvalue weighted by atomic mass is 10.0. The van der Waals surface area contributed by atoms with Gasteiger partial charge in [0.25, 0.3) is 5.91 Å². The summed E-state index contributed by atoms with van der Waals surface area (Å²) in [5.74, 6) is 0.275. The first kappa shape index (κ1) is 19.0. The van der Waals surface area contributed by atoms with Crippen LogP contribution in [0.4, 0.5) is 11.4 Å². The monoisotopic (exact) mass is 365 g/mol. The minimum absolute atomic E-state index is 0.0348. The van der Waals surface area contributed by atoms with Gasteiger partial charge < -0.3 is 15.5 Å². The second-order valence-electron chi connectivity index (χ2n) is 7.22. The van der Waals surface area contributed by atoms with Crippen molar-refractivity contribution in [3.63, 3.8) is 0 Å². The summed E-state index contributed by atoms with van der Waals surface area (Å²) >= 11 is 0. The first-order chi connectivity index (χ1) is 13.0. The largest absolute Gasteiger partial charge is 0.376 e. The third kappa shape index (κ3) is 4.88. The molecule has 0 bridgehead atoms. The van der Waals surface area contributed by atoms with Crippen molar-refractivity contribution in [3.8, 4) is 0 Å². The van der Waals surface area contributed by atoms with Crippen LogP contribution in [0.3, 0.4) is 0 Å². The predicted octanol–water partition coefficient (Wildman–Crippen LogP) is 4.10. The third-order valence-corrected chi connectivity index (χ3v) is 4.81. The molecule has 0 atom stereocenters. The fraction of sp³-hybridized carbons (Fsp3) is 0.364. The highest BCUT2D eigenvalue weighted by molar-refractivity contribution is 5.98. The van der Waals surface area contributed by atoms with Crippen molar-refractivity contribution < 1.29 is 9.59 Å². The molecule has 0 aliphatic carbocycles. The van der Waals surface area contributed by atoms with Crippen LogP contribution in [0.1, 0.15) is 48.5 Å². The van der Waals surface area contributed by atoms with Gasteiger partial charge in [0.15, 0.2) is 0 Å². The summed E-state index contributed by atoms with van der Waals surface area (Å²) in [6, 6.07) is 15.2. The topological polar surface area (TPSA) is 61.4 Å². The zero-order valence-corrected chi connectivity index (χ0v) is 16.0. The summed E-state index contributed by atoms with van der Waals surface area (Å²) in [5.41, 5.74) is 3.42. The highest BCUT2D eigenvalue weighted by Gasteiger charge is 2.19. The second-order valence-corrected chi connectivity index (χ2v) is 7.22. The molecule has 2 aromatic rings. The summed E-state index contributed by atoms with van der Waals surface area (Å²) in [4.78, 5) is 26.7. The van der Waals surface area contributed by atoms with Crippen LogP contribution in [-0.2, 0) is 4.79 Å². The molecule has 0 aromatic heterocycles. The van der Waals surface area contributed by atoms with Crippen LogP contribution in [0.2, 0.25) is 0 Å². The van der Waals surface area contributed by atoms with E-state index in [1.807, 2.05) is 23.1 Å². The van der Waals surface area contributed by atoms with Gasteiger partial charge in [0.2, 0.25) is 5.91 Å². The maximum Gasteiger partial charge on any atom is 0.253 e. The van der Waals surface area contributed by atoms with E-state index in [0.717, 1.165) is 31.6 Å². The minimum atomic E-state index is -0.140. The Morgan fingerprint density at radius 2 is 1.78 bits per heavy atom. The van der Waals surface area contributed by atoms with Crippen molar-refractivity contribution in [1.82, 2.24) is 4.90 Å². The summed E-state index contributed by atoms with van der Waals surface area (Å²) in [6.07, 6.45) is 2.12. The zero-order chi connectivity index (χ0) is 19.2. The Morgan fingerprint density at radius 3 is 2.52 bits per heavy atom. The number of hydrogen-bond acceptors (Lipinski definition) is 3. The molecule has 1 heterocycles. The molecule has 1 aliphatic rings. The molecule has 0 saturated carbocycles. The maximum absolute atomic E-state index is 12.5. The van der Waals surface area contributed by atoms with Gasteiger partial charge in [-0.1, -0.05) is 38.1 Å². The van der Waals surface area contributed by atoms with Crippen molar-refractivity contribution in [2.45, 2.75) is 32.6 Å². The maximum atomic E-state index is 12.5. The van der Waals surface area contributed by atoms with Gasteiger partial charge in [0.05, 0.1) is 6.54 Å². The van der Waals surface area contributed by atoms with Gasteiger partial charge in [-0.2, -0.15) is 0 Å². The number of nitrogens with zero attached hydrogens (tertiary/aromatic N) is 1. The summed E-state index contributed by atoms with van der Waals surface area (Å²) in [5, 5.41) is 6.08. The fourth-order valence-corrected chi connectivity index (χ4v) is 3.37. The molecule has 1 fully saturated rings. The van der Waals surface area contributed by atoms with Crippen LogP contribution < -0.4 is 10.6 Å². The highest BCUT2D eigenvalue weighted by atomic mass is 16.2. The standard InChI is InChI=1S/C22H27N3O2/c1-16(2)19-10-3-4-11-20(19)23-15-21(26)24-18-9-7-8-17(14-18)22(27)25-12-5-6-13-25/h3-4,7-11,14,16,23H,5-6,12-13,15H2,1-2H3,(H,24,26). The summed E-state index contributed by atoms with van der Waals surface area (Å²) in [7, 11) is 0.